The Kier molecular flexibility index (Phi) is 9.85. The van der Waals surface area contributed by atoms with Crippen LogP contribution in [0.15, 0.2) is 79.9 Å². The highest BCUT2D eigenvalue weighted by Gasteiger charge is 2.76. The maximum atomic E-state index is 14.8. The van der Waals surface area contributed by atoms with Crippen LogP contribution in [0.2, 0.25) is 0 Å². The van der Waals surface area contributed by atoms with Crippen LogP contribution < -0.4 is 14.5 Å². The van der Waals surface area contributed by atoms with Gasteiger partial charge in [0.1, 0.15) is 11.8 Å². The summed E-state index contributed by atoms with van der Waals surface area (Å²) in [5, 5.41) is 9.30. The molecule has 0 saturated carbocycles. The van der Waals surface area contributed by atoms with Gasteiger partial charge < -0.3 is 24.5 Å². The number of benzene rings is 2. The number of para-hydroxylation sites is 1. The van der Waals surface area contributed by atoms with Gasteiger partial charge in [0, 0.05) is 42.9 Å². The van der Waals surface area contributed by atoms with Gasteiger partial charge >= 0.3 is 0 Å². The van der Waals surface area contributed by atoms with E-state index in [1.54, 1.807) is 45.7 Å². The molecule has 9 heteroatoms. The van der Waals surface area contributed by atoms with Crippen molar-refractivity contribution in [3.05, 3.63) is 79.9 Å². The van der Waals surface area contributed by atoms with Crippen molar-refractivity contribution >= 4 is 40.9 Å². The summed E-state index contributed by atoms with van der Waals surface area (Å²) in [6, 6.07) is 16.1. The number of hydrogen-bond donors (Lipinski definition) is 1. The standard InChI is InChI=1S/C35H43N3O5S/c1-5-19-36(25-13-9-7-10-14-25)32(40)29-28-23-24(3)35(44-28)30(29)33(41)38(21-11-8-12-22-39)31(35)34(42)37(20-6-2)26-15-17-27(43-4)18-16-26/h5-7,9-10,13-18,24,28-31,39H,1-2,8,11-12,19-23H2,3-4H3/t24?,28-,29+,30-,31?,35?/m0/s1. The molecule has 3 amide bonds. The molecule has 0 aliphatic carbocycles. The molecule has 2 aromatic rings. The van der Waals surface area contributed by atoms with Crippen LogP contribution >= 0.6 is 11.8 Å². The number of aliphatic hydroxyl groups excluding tert-OH is 1. The number of likely N-dealkylation sites (tertiary alicyclic amines) is 1. The number of anilines is 2. The smallest absolute Gasteiger partial charge is 0.251 e. The molecule has 8 nitrogen and oxygen atoms in total. The van der Waals surface area contributed by atoms with Crippen LogP contribution in [-0.2, 0) is 14.4 Å². The molecular formula is C35H43N3O5S. The number of carbonyl (C=O) groups is 3. The van der Waals surface area contributed by atoms with Gasteiger partial charge in [-0.2, -0.15) is 0 Å². The van der Waals surface area contributed by atoms with E-state index in [4.69, 9.17) is 4.74 Å². The summed E-state index contributed by atoms with van der Waals surface area (Å²) in [5.74, 6) is -0.791. The van der Waals surface area contributed by atoms with Crippen LogP contribution in [0.3, 0.4) is 0 Å². The first-order valence-electron chi connectivity index (χ1n) is 15.5. The predicted octanol–water partition coefficient (Wildman–Crippen LogP) is 4.93. The van der Waals surface area contributed by atoms with E-state index in [-0.39, 0.29) is 42.0 Å². The molecule has 6 atom stereocenters. The largest absolute Gasteiger partial charge is 0.497 e. The second-order valence-corrected chi connectivity index (χ2v) is 13.4. The fraction of sp³-hybridized carbons (Fsp3) is 0.457. The van der Waals surface area contributed by atoms with E-state index in [1.807, 2.05) is 54.6 Å². The van der Waals surface area contributed by atoms with Gasteiger partial charge in [-0.15, -0.1) is 24.9 Å². The number of unbranched alkanes of at least 4 members (excludes halogenated alkanes) is 2. The van der Waals surface area contributed by atoms with Crippen LogP contribution in [0, 0.1) is 17.8 Å². The summed E-state index contributed by atoms with van der Waals surface area (Å²) in [7, 11) is 1.60. The molecule has 3 aliphatic heterocycles. The third-order valence-electron chi connectivity index (χ3n) is 9.43. The van der Waals surface area contributed by atoms with Crippen LogP contribution in [0.25, 0.3) is 0 Å². The number of rotatable bonds is 14. The maximum Gasteiger partial charge on any atom is 0.251 e. The first-order valence-corrected chi connectivity index (χ1v) is 16.3. The molecule has 3 saturated heterocycles. The Balaban J connectivity index is 1.56. The molecular weight excluding hydrogens is 574 g/mol. The lowest BCUT2D eigenvalue weighted by atomic mass is 9.65. The quantitative estimate of drug-likeness (QED) is 0.239. The molecule has 1 N–H and O–H groups in total. The summed E-state index contributed by atoms with van der Waals surface area (Å²) in [6.45, 7) is 11.0. The van der Waals surface area contributed by atoms with Gasteiger partial charge in [0.25, 0.3) is 5.91 Å². The zero-order valence-corrected chi connectivity index (χ0v) is 26.5. The van der Waals surface area contributed by atoms with Crippen molar-refractivity contribution in [2.45, 2.75) is 48.6 Å². The number of nitrogens with zero attached hydrogens (tertiary/aromatic N) is 3. The van der Waals surface area contributed by atoms with Crippen LogP contribution in [-0.4, -0.2) is 77.1 Å². The Labute approximate surface area is 264 Å². The summed E-state index contributed by atoms with van der Waals surface area (Å²) in [4.78, 5) is 49.1. The van der Waals surface area contributed by atoms with E-state index >= 15 is 0 Å². The van der Waals surface area contributed by atoms with Gasteiger partial charge in [-0.05, 0) is 68.0 Å². The number of aliphatic hydroxyl groups is 1. The van der Waals surface area contributed by atoms with E-state index in [9.17, 15) is 19.5 Å². The lowest BCUT2D eigenvalue weighted by Gasteiger charge is -2.41. The normalized spacial score (nSPS) is 26.8. The van der Waals surface area contributed by atoms with Crippen molar-refractivity contribution in [2.24, 2.45) is 17.8 Å². The molecule has 0 aromatic heterocycles. The van der Waals surface area contributed by atoms with Crippen molar-refractivity contribution < 1.29 is 24.2 Å². The molecule has 3 unspecified atom stereocenters. The molecule has 5 rings (SSSR count). The van der Waals surface area contributed by atoms with Gasteiger partial charge in [0.05, 0.1) is 23.7 Å². The molecule has 1 spiro atoms. The molecule has 234 valence electrons. The number of methoxy groups -OCH3 is 1. The van der Waals surface area contributed by atoms with Crippen molar-refractivity contribution in [2.75, 3.05) is 43.2 Å². The summed E-state index contributed by atoms with van der Waals surface area (Å²) >= 11 is 1.68. The van der Waals surface area contributed by atoms with E-state index in [0.29, 0.717) is 37.4 Å². The third-order valence-corrected chi connectivity index (χ3v) is 11.5. The minimum Gasteiger partial charge on any atom is -0.497 e. The van der Waals surface area contributed by atoms with E-state index in [2.05, 4.69) is 20.1 Å². The van der Waals surface area contributed by atoms with Crippen molar-refractivity contribution in [1.29, 1.82) is 0 Å². The van der Waals surface area contributed by atoms with E-state index in [0.717, 1.165) is 18.5 Å². The Morgan fingerprint density at radius 1 is 1.00 bits per heavy atom. The van der Waals surface area contributed by atoms with Gasteiger partial charge in [0.15, 0.2) is 0 Å². The number of carbonyl (C=O) groups excluding carboxylic acids is 3. The Hall–Kier alpha value is -3.56. The summed E-state index contributed by atoms with van der Waals surface area (Å²) in [5.41, 5.74) is 1.46. The third kappa shape index (κ3) is 5.45. The van der Waals surface area contributed by atoms with Gasteiger partial charge in [0.2, 0.25) is 11.8 Å². The van der Waals surface area contributed by atoms with Gasteiger partial charge in [-0.1, -0.05) is 37.3 Å². The average Bonchev–Trinajstić information content (AvgIpc) is 3.64. The molecule has 3 heterocycles. The van der Waals surface area contributed by atoms with Crippen molar-refractivity contribution in [1.82, 2.24) is 4.90 Å². The van der Waals surface area contributed by atoms with Crippen molar-refractivity contribution in [3.8, 4) is 5.75 Å². The lowest BCUT2D eigenvalue weighted by Crippen LogP contribution is -2.57. The van der Waals surface area contributed by atoms with E-state index in [1.165, 1.54) is 0 Å². The first kappa shape index (κ1) is 31.9. The number of ether oxygens (including phenoxy) is 1. The Bertz CT molecular complexity index is 1370. The Morgan fingerprint density at radius 3 is 2.25 bits per heavy atom. The highest BCUT2D eigenvalue weighted by atomic mass is 32.2. The molecule has 3 fully saturated rings. The molecule has 2 aromatic carbocycles. The zero-order valence-electron chi connectivity index (χ0n) is 25.6. The second-order valence-electron chi connectivity index (χ2n) is 11.9. The summed E-state index contributed by atoms with van der Waals surface area (Å²) in [6.07, 6.45) is 6.20. The average molecular weight is 618 g/mol. The first-order chi connectivity index (χ1) is 21.3. The van der Waals surface area contributed by atoms with Gasteiger partial charge in [-0.3, -0.25) is 14.4 Å². The minimum atomic E-state index is -0.738. The molecule has 3 aliphatic rings. The topological polar surface area (TPSA) is 90.4 Å². The molecule has 44 heavy (non-hydrogen) atoms. The second kappa shape index (κ2) is 13.6. The number of thioether (sulfide) groups is 1. The fourth-order valence-electron chi connectivity index (χ4n) is 7.49. The van der Waals surface area contributed by atoms with Crippen LogP contribution in [0.4, 0.5) is 11.4 Å². The maximum absolute atomic E-state index is 14.8. The minimum absolute atomic E-state index is 0.0536. The SMILES string of the molecule is C=CCN(C(=O)C1N(CCCCCO)C(=O)[C@@H]2[C@H](C(=O)N(CC=C)c3ccccc3)[C@@H]3CC(C)C12S3)c1ccc(OC)cc1. The highest BCUT2D eigenvalue weighted by molar-refractivity contribution is 8.02. The summed E-state index contributed by atoms with van der Waals surface area (Å²) < 4.78 is 4.60. The highest BCUT2D eigenvalue weighted by Crippen LogP contribution is 2.69. The zero-order chi connectivity index (χ0) is 31.4. The molecule has 2 bridgehead atoms. The number of amides is 3. The van der Waals surface area contributed by atoms with Crippen LogP contribution in [0.1, 0.15) is 32.6 Å². The van der Waals surface area contributed by atoms with Crippen molar-refractivity contribution in [3.63, 3.8) is 0 Å². The van der Waals surface area contributed by atoms with E-state index < -0.39 is 22.6 Å². The fourth-order valence-corrected chi connectivity index (χ4v) is 9.90. The monoisotopic (exact) mass is 617 g/mol. The van der Waals surface area contributed by atoms with Gasteiger partial charge in [-0.25, -0.2) is 0 Å². The number of fused-ring (bicyclic) bond motifs is 1. The number of hydrogen-bond acceptors (Lipinski definition) is 6. The van der Waals surface area contributed by atoms with Crippen LogP contribution in [0.5, 0.6) is 5.75 Å². The Morgan fingerprint density at radius 2 is 1.64 bits per heavy atom. The molecule has 0 radical (unpaired) electrons. The predicted molar refractivity (Wildman–Crippen MR) is 176 cm³/mol. The lowest BCUT2D eigenvalue weighted by molar-refractivity contribution is -0.139.